The van der Waals surface area contributed by atoms with Gasteiger partial charge < -0.3 is 32.3 Å². The maximum atomic E-state index is 10.5. The zero-order chi connectivity index (χ0) is 13.8. The summed E-state index contributed by atoms with van der Waals surface area (Å²) >= 11 is 0. The van der Waals surface area contributed by atoms with E-state index in [2.05, 4.69) is 0 Å². The third kappa shape index (κ3) is 3.96. The maximum Gasteiger partial charge on any atom is 0.309 e. The SMILES string of the molecule is O=C(O)CC[n+]1ccc(-c2ccc(O)c(O)c2)cc1.[Br-]. The zero-order valence-electron chi connectivity index (χ0n) is 10.5. The van der Waals surface area contributed by atoms with E-state index in [0.717, 1.165) is 11.1 Å². The van der Waals surface area contributed by atoms with Crippen LogP contribution in [0.15, 0.2) is 42.7 Å². The largest absolute Gasteiger partial charge is 1.00 e. The van der Waals surface area contributed by atoms with Crippen LogP contribution in [0.5, 0.6) is 11.5 Å². The van der Waals surface area contributed by atoms with Crippen LogP contribution >= 0.6 is 0 Å². The Bertz CT molecular complexity index is 599. The van der Waals surface area contributed by atoms with Gasteiger partial charge in [-0.1, -0.05) is 6.07 Å². The Balaban J connectivity index is 0.00000200. The molecule has 5 nitrogen and oxygen atoms in total. The number of benzene rings is 1. The maximum absolute atomic E-state index is 10.5. The number of phenolic OH excluding ortho intramolecular Hbond substituents is 2. The van der Waals surface area contributed by atoms with E-state index in [-0.39, 0.29) is 34.9 Å². The number of aromatic nitrogens is 1. The number of nitrogens with zero attached hydrogens (tertiary/aromatic N) is 1. The van der Waals surface area contributed by atoms with Crippen LogP contribution in [0.25, 0.3) is 11.1 Å². The van der Waals surface area contributed by atoms with Crippen molar-refractivity contribution in [3.05, 3.63) is 42.7 Å². The molecule has 0 unspecified atom stereocenters. The normalized spacial score (nSPS) is 9.80. The molecular weight excluding hydrogens is 326 g/mol. The Morgan fingerprint density at radius 1 is 1.00 bits per heavy atom. The highest BCUT2D eigenvalue weighted by Crippen LogP contribution is 2.29. The summed E-state index contributed by atoms with van der Waals surface area (Å²) in [5, 5.41) is 27.3. The van der Waals surface area contributed by atoms with Crippen LogP contribution in [0.2, 0.25) is 0 Å². The van der Waals surface area contributed by atoms with Gasteiger partial charge in [0, 0.05) is 12.1 Å². The molecule has 0 aliphatic heterocycles. The lowest BCUT2D eigenvalue weighted by Crippen LogP contribution is -3.00. The number of hydrogen-bond acceptors (Lipinski definition) is 3. The molecule has 0 saturated carbocycles. The first-order chi connectivity index (χ1) is 9.06. The van der Waals surface area contributed by atoms with Crippen LogP contribution in [0.4, 0.5) is 0 Å². The summed E-state index contributed by atoms with van der Waals surface area (Å²) in [7, 11) is 0. The average molecular weight is 340 g/mol. The summed E-state index contributed by atoms with van der Waals surface area (Å²) in [4.78, 5) is 10.5. The summed E-state index contributed by atoms with van der Waals surface area (Å²) in [5.41, 5.74) is 1.66. The van der Waals surface area contributed by atoms with Gasteiger partial charge in [-0.25, -0.2) is 4.57 Å². The first kappa shape index (κ1) is 16.0. The molecule has 0 atom stereocenters. The monoisotopic (exact) mass is 339 g/mol. The molecule has 0 fully saturated rings. The van der Waals surface area contributed by atoms with Crippen LogP contribution in [0, 0.1) is 0 Å². The van der Waals surface area contributed by atoms with E-state index in [1.54, 1.807) is 23.0 Å². The standard InChI is InChI=1S/C14H13NO4.BrH/c16-12-2-1-11(9-13(12)17)10-3-6-15(7-4-10)8-5-14(18)19;/h1-4,6-7,9H,5,8H2,(H2,17,18,19);1H. The van der Waals surface area contributed by atoms with E-state index in [1.165, 1.54) is 12.1 Å². The quantitative estimate of drug-likeness (QED) is 0.469. The highest BCUT2D eigenvalue weighted by Gasteiger charge is 2.07. The van der Waals surface area contributed by atoms with Crippen LogP contribution in [-0.2, 0) is 11.3 Å². The van der Waals surface area contributed by atoms with Gasteiger partial charge in [0.15, 0.2) is 30.4 Å². The molecule has 0 spiro atoms. The summed E-state index contributed by atoms with van der Waals surface area (Å²) in [6.45, 7) is 0.413. The third-order valence-corrected chi connectivity index (χ3v) is 2.78. The number of halogens is 1. The van der Waals surface area contributed by atoms with E-state index >= 15 is 0 Å². The number of hydrogen-bond donors (Lipinski definition) is 3. The number of aryl methyl sites for hydroxylation is 1. The van der Waals surface area contributed by atoms with Crippen LogP contribution in [0.3, 0.4) is 0 Å². The number of carboxylic acid groups (broad SMARTS) is 1. The molecule has 1 aromatic heterocycles. The predicted molar refractivity (Wildman–Crippen MR) is 67.7 cm³/mol. The van der Waals surface area contributed by atoms with Gasteiger partial charge in [0.05, 0.1) is 0 Å². The predicted octanol–water partition coefficient (Wildman–Crippen LogP) is -1.47. The lowest BCUT2D eigenvalue weighted by molar-refractivity contribution is -0.695. The van der Waals surface area contributed by atoms with Crippen molar-refractivity contribution in [1.29, 1.82) is 0 Å². The minimum absolute atomic E-state index is 0. The molecule has 0 bridgehead atoms. The van der Waals surface area contributed by atoms with Crippen molar-refractivity contribution in [2.24, 2.45) is 0 Å². The molecule has 0 aliphatic carbocycles. The van der Waals surface area contributed by atoms with E-state index < -0.39 is 5.97 Å². The molecule has 1 heterocycles. The Labute approximate surface area is 126 Å². The number of aliphatic carboxylic acids is 1. The van der Waals surface area contributed by atoms with E-state index in [1.807, 2.05) is 12.1 Å². The van der Waals surface area contributed by atoms with Crippen molar-refractivity contribution in [3.8, 4) is 22.6 Å². The smallest absolute Gasteiger partial charge is 0.309 e. The summed E-state index contributed by atoms with van der Waals surface area (Å²) in [6.07, 6.45) is 3.63. The van der Waals surface area contributed by atoms with Gasteiger partial charge in [-0.2, -0.15) is 0 Å². The first-order valence-electron chi connectivity index (χ1n) is 5.79. The zero-order valence-corrected chi connectivity index (χ0v) is 12.1. The second kappa shape index (κ2) is 6.91. The molecule has 2 rings (SSSR count). The number of carboxylic acids is 1. The van der Waals surface area contributed by atoms with Crippen molar-refractivity contribution in [3.63, 3.8) is 0 Å². The fourth-order valence-corrected chi connectivity index (χ4v) is 1.73. The van der Waals surface area contributed by atoms with Gasteiger partial charge in [0.1, 0.15) is 6.42 Å². The minimum Gasteiger partial charge on any atom is -1.00 e. The first-order valence-corrected chi connectivity index (χ1v) is 5.79. The van der Waals surface area contributed by atoms with Gasteiger partial charge in [-0.05, 0) is 23.3 Å². The van der Waals surface area contributed by atoms with Crippen LogP contribution in [-0.4, -0.2) is 21.3 Å². The molecule has 20 heavy (non-hydrogen) atoms. The molecule has 0 radical (unpaired) electrons. The molecule has 3 N–H and O–H groups in total. The van der Waals surface area contributed by atoms with Crippen LogP contribution in [0.1, 0.15) is 6.42 Å². The number of rotatable bonds is 4. The minimum atomic E-state index is -0.833. The Morgan fingerprint density at radius 3 is 2.20 bits per heavy atom. The van der Waals surface area contributed by atoms with Gasteiger partial charge in [0.25, 0.3) is 0 Å². The molecule has 0 aliphatic rings. The number of pyridine rings is 1. The highest BCUT2D eigenvalue weighted by atomic mass is 79.9. The van der Waals surface area contributed by atoms with Crippen molar-refractivity contribution in [2.45, 2.75) is 13.0 Å². The average Bonchev–Trinajstić information content (AvgIpc) is 2.40. The summed E-state index contributed by atoms with van der Waals surface area (Å²) in [5.74, 6) is -1.16. The summed E-state index contributed by atoms with van der Waals surface area (Å²) in [6, 6.07) is 8.26. The Hall–Kier alpha value is -2.08. The van der Waals surface area contributed by atoms with Gasteiger partial charge in [-0.3, -0.25) is 4.79 Å². The topological polar surface area (TPSA) is 81.6 Å². The molecule has 1 aromatic carbocycles. The van der Waals surface area contributed by atoms with Gasteiger partial charge in [-0.15, -0.1) is 0 Å². The lowest BCUT2D eigenvalue weighted by atomic mass is 10.1. The van der Waals surface area contributed by atoms with Crippen molar-refractivity contribution in [2.75, 3.05) is 0 Å². The Kier molecular flexibility index (Phi) is 5.52. The molecular formula is C14H14BrNO4. The van der Waals surface area contributed by atoms with Crippen molar-refractivity contribution in [1.82, 2.24) is 0 Å². The molecule has 2 aromatic rings. The third-order valence-electron chi connectivity index (χ3n) is 2.78. The van der Waals surface area contributed by atoms with Crippen molar-refractivity contribution >= 4 is 5.97 Å². The second-order valence-electron chi connectivity index (χ2n) is 4.17. The Morgan fingerprint density at radius 2 is 1.65 bits per heavy atom. The number of phenols is 2. The van der Waals surface area contributed by atoms with Crippen molar-refractivity contribution < 1.29 is 41.7 Å². The number of carbonyl (C=O) groups is 1. The fourth-order valence-electron chi connectivity index (χ4n) is 1.73. The van der Waals surface area contributed by atoms with E-state index in [9.17, 15) is 15.0 Å². The fraction of sp³-hybridized carbons (Fsp3) is 0.143. The second-order valence-corrected chi connectivity index (χ2v) is 4.17. The van der Waals surface area contributed by atoms with Gasteiger partial charge >= 0.3 is 5.97 Å². The molecule has 6 heteroatoms. The molecule has 0 saturated heterocycles. The number of aromatic hydroxyl groups is 2. The highest BCUT2D eigenvalue weighted by molar-refractivity contribution is 5.66. The van der Waals surface area contributed by atoms with E-state index in [4.69, 9.17) is 5.11 Å². The van der Waals surface area contributed by atoms with E-state index in [0.29, 0.717) is 6.54 Å². The van der Waals surface area contributed by atoms with Gasteiger partial charge in [0.2, 0.25) is 0 Å². The lowest BCUT2D eigenvalue weighted by Gasteiger charge is -2.03. The summed E-state index contributed by atoms with van der Waals surface area (Å²) < 4.78 is 1.78. The molecule has 106 valence electrons. The molecule has 0 amide bonds. The van der Waals surface area contributed by atoms with Crippen LogP contribution < -0.4 is 21.5 Å².